The predicted octanol–water partition coefficient (Wildman–Crippen LogP) is 5.72. The number of amidine groups is 1. The van der Waals surface area contributed by atoms with Crippen LogP contribution in [0.25, 0.3) is 0 Å². The van der Waals surface area contributed by atoms with Crippen LogP contribution < -0.4 is 29.3 Å². The Hall–Kier alpha value is -2.65. The van der Waals surface area contributed by atoms with Crippen LogP contribution in [0.15, 0.2) is 40.5 Å². The van der Waals surface area contributed by atoms with Gasteiger partial charge in [-0.05, 0) is 36.6 Å². The van der Waals surface area contributed by atoms with Crippen LogP contribution in [0.1, 0.15) is 117 Å². The topological polar surface area (TPSA) is 116 Å². The number of hydrogen-bond donors (Lipinski definition) is 1. The summed E-state index contributed by atoms with van der Waals surface area (Å²) in [7, 11) is 2.22. The van der Waals surface area contributed by atoms with Gasteiger partial charge in [-0.15, -0.1) is 0 Å². The summed E-state index contributed by atoms with van der Waals surface area (Å²) in [6, 6.07) is 8.16. The zero-order chi connectivity index (χ0) is 38.6. The van der Waals surface area contributed by atoms with E-state index in [0.29, 0.717) is 17.3 Å². The molecule has 1 saturated heterocycles. The number of carbonyl (C=O) groups excluding carboxylic acids is 3. The number of ether oxygens (including phenoxy) is 4. The molecule has 0 bridgehead atoms. The Morgan fingerprint density at radius 2 is 1.36 bits per heavy atom. The van der Waals surface area contributed by atoms with Gasteiger partial charge < -0.3 is 53.1 Å². The summed E-state index contributed by atoms with van der Waals surface area (Å²) in [6.07, 6.45) is 16.5. The molecule has 1 atom stereocenters. The molecule has 310 valence electrons. The van der Waals surface area contributed by atoms with Crippen molar-refractivity contribution in [1.29, 1.82) is 0 Å². The average molecular weight is 899 g/mol. The van der Waals surface area contributed by atoms with Crippen LogP contribution in [0.2, 0.25) is 0 Å². The number of nitrogens with zero attached hydrogens (tertiary/aromatic N) is 3. The lowest BCUT2D eigenvalue weighted by Crippen LogP contribution is -3.00. The van der Waals surface area contributed by atoms with Gasteiger partial charge in [0.15, 0.2) is 6.10 Å². The molecule has 3 aliphatic heterocycles. The number of esters is 2. The normalized spacial score (nSPS) is 17.1. The Kier molecular flexibility index (Phi) is 21.7. The molecule has 0 aromatic heterocycles. The highest BCUT2D eigenvalue weighted by Gasteiger charge is 2.35. The molecule has 3 aliphatic rings. The van der Waals surface area contributed by atoms with Crippen molar-refractivity contribution < 1.29 is 61.8 Å². The molecule has 11 nitrogen and oxygen atoms in total. The molecule has 1 aromatic carbocycles. The number of carbonyl (C=O) groups is 3. The minimum atomic E-state index is -0.950. The monoisotopic (exact) mass is 898 g/mol. The van der Waals surface area contributed by atoms with Crippen molar-refractivity contribution in [3.8, 4) is 0 Å². The first kappa shape index (κ1) is 46.7. The van der Waals surface area contributed by atoms with Crippen LogP contribution in [0.5, 0.6) is 0 Å². The second-order valence-corrected chi connectivity index (χ2v) is 17.3. The number of hydrogen-bond acceptors (Lipinski definition) is 10. The van der Waals surface area contributed by atoms with Crippen molar-refractivity contribution in [2.45, 2.75) is 123 Å². The molecule has 1 N–H and O–H groups in total. The Balaban J connectivity index is 0.00000812. The summed E-state index contributed by atoms with van der Waals surface area (Å²) >= 11 is 0. The number of benzene rings is 1. The van der Waals surface area contributed by atoms with Crippen LogP contribution >= 0.6 is 10.5 Å². The van der Waals surface area contributed by atoms with E-state index in [9.17, 15) is 14.4 Å². The van der Waals surface area contributed by atoms with Gasteiger partial charge in [0.2, 0.25) is 6.73 Å². The van der Waals surface area contributed by atoms with Crippen LogP contribution in [-0.2, 0) is 28.5 Å². The summed E-state index contributed by atoms with van der Waals surface area (Å²) in [5.74, 6) is 1.29. The molecule has 0 saturated carbocycles. The molecular weight excluding hydrogens is 831 g/mol. The van der Waals surface area contributed by atoms with Crippen molar-refractivity contribution in [2.75, 3.05) is 70.5 Å². The maximum atomic E-state index is 13.0. The molecule has 4 rings (SSSR count). The Morgan fingerprint density at radius 1 is 0.818 bits per heavy atom. The van der Waals surface area contributed by atoms with Gasteiger partial charge in [-0.25, -0.2) is 9.79 Å². The summed E-state index contributed by atoms with van der Waals surface area (Å²) in [6.45, 7) is 7.15. The molecule has 0 aliphatic carbocycles. The second-order valence-electron chi connectivity index (χ2n) is 15.3. The zero-order valence-corrected chi connectivity index (χ0v) is 36.9. The molecular formula is C42H67IN4O7S. The fourth-order valence-corrected chi connectivity index (χ4v) is 8.33. The lowest BCUT2D eigenvalue weighted by atomic mass is 10.1. The van der Waals surface area contributed by atoms with Gasteiger partial charge in [-0.2, -0.15) is 10.5 Å². The van der Waals surface area contributed by atoms with Crippen molar-refractivity contribution in [1.82, 2.24) is 4.90 Å². The van der Waals surface area contributed by atoms with Crippen LogP contribution in [0, 0.1) is 0 Å². The molecule has 0 spiro atoms. The Labute approximate surface area is 349 Å². The number of quaternary nitrogens is 1. The Morgan fingerprint density at radius 3 is 1.95 bits per heavy atom. The first-order valence-corrected chi connectivity index (χ1v) is 22.4. The number of unbranched alkanes of at least 4 members (excludes halogenated alkanes) is 12. The number of rotatable bonds is 23. The number of nitrogens with one attached hydrogen (secondary N) is 1. The van der Waals surface area contributed by atoms with Gasteiger partial charge in [0.25, 0.3) is 0 Å². The third-order valence-electron chi connectivity index (χ3n) is 10.4. The predicted molar refractivity (Wildman–Crippen MR) is 219 cm³/mol. The van der Waals surface area contributed by atoms with Crippen LogP contribution in [-0.4, -0.2) is 110 Å². The van der Waals surface area contributed by atoms with E-state index >= 15 is 0 Å². The standard InChI is InChI=1S/C42H67N4O7S.HI/c1-5-7-9-11-13-15-17-23-39(47)50-29-34(30-51-40(48)24-18-16-14-12-10-8-6-2)53-42(49)52-33-46(3)27-25-45(26-28-46)41-35-31-54(4)32-38(35)43-36-21-19-20-22-37(36)44-41;/h19-22,31,34,43H,5-18,23-30,32-33H2,1-4H3;1H/q+1;/p-1. The quantitative estimate of drug-likeness (QED) is 0.0368. The summed E-state index contributed by atoms with van der Waals surface area (Å²) < 4.78 is 22.7. The van der Waals surface area contributed by atoms with E-state index in [4.69, 9.17) is 23.9 Å². The third kappa shape index (κ3) is 16.8. The Bertz CT molecular complexity index is 1430. The number of anilines is 1. The van der Waals surface area contributed by atoms with Gasteiger partial charge in [0.1, 0.15) is 19.0 Å². The first-order chi connectivity index (χ1) is 26.2. The van der Waals surface area contributed by atoms with Gasteiger partial charge in [0, 0.05) is 29.9 Å². The van der Waals surface area contributed by atoms with Crippen molar-refractivity contribution in [2.24, 2.45) is 4.99 Å². The van der Waals surface area contributed by atoms with E-state index in [2.05, 4.69) is 48.8 Å². The molecule has 1 aromatic rings. The first-order valence-electron chi connectivity index (χ1n) is 20.6. The molecule has 55 heavy (non-hydrogen) atoms. The zero-order valence-electron chi connectivity index (χ0n) is 33.9. The average Bonchev–Trinajstić information content (AvgIpc) is 3.45. The summed E-state index contributed by atoms with van der Waals surface area (Å²) in [5.41, 5.74) is 4.37. The van der Waals surface area contributed by atoms with Crippen LogP contribution in [0.4, 0.5) is 16.2 Å². The number of halogens is 1. The van der Waals surface area contributed by atoms with Gasteiger partial charge >= 0.3 is 18.1 Å². The third-order valence-corrected chi connectivity index (χ3v) is 11.8. The maximum absolute atomic E-state index is 13.0. The highest BCUT2D eigenvalue weighted by Crippen LogP contribution is 2.35. The van der Waals surface area contributed by atoms with E-state index < -0.39 is 12.3 Å². The van der Waals surface area contributed by atoms with E-state index in [0.717, 1.165) is 87.7 Å². The van der Waals surface area contributed by atoms with Crippen molar-refractivity contribution in [3.63, 3.8) is 0 Å². The van der Waals surface area contributed by atoms with E-state index in [1.165, 1.54) is 62.6 Å². The summed E-state index contributed by atoms with van der Waals surface area (Å²) in [4.78, 5) is 45.5. The minimum Gasteiger partial charge on any atom is -1.00 e. The molecule has 1 unspecified atom stereocenters. The molecule has 1 fully saturated rings. The smallest absolute Gasteiger partial charge is 0.513 e. The molecule has 3 heterocycles. The second kappa shape index (κ2) is 25.6. The van der Waals surface area contributed by atoms with E-state index in [-0.39, 0.29) is 66.3 Å². The minimum absolute atomic E-state index is 0. The fourth-order valence-electron chi connectivity index (χ4n) is 6.92. The SMILES string of the molecule is CCCCCCCCCC(=O)OCC(COC(=O)CCCCCCCCC)OC(=O)OC[N+]1(C)CCN(C2=Nc3ccccc3NC3=C2C=S(C)C3)CC1.[I-]. The molecule has 13 heteroatoms. The van der Waals surface area contributed by atoms with E-state index in [1.54, 1.807) is 0 Å². The van der Waals surface area contributed by atoms with Gasteiger partial charge in [-0.1, -0.05) is 103 Å². The maximum Gasteiger partial charge on any atom is 0.513 e. The largest absolute Gasteiger partial charge is 1.00 e. The lowest BCUT2D eigenvalue weighted by molar-refractivity contribution is -0.929. The van der Waals surface area contributed by atoms with Gasteiger partial charge in [-0.3, -0.25) is 14.1 Å². The highest BCUT2D eigenvalue weighted by molar-refractivity contribution is 8.15. The summed E-state index contributed by atoms with van der Waals surface area (Å²) in [5, 5.41) is 5.98. The van der Waals surface area contributed by atoms with Crippen molar-refractivity contribution in [3.05, 3.63) is 35.5 Å². The molecule has 0 radical (unpaired) electrons. The van der Waals surface area contributed by atoms with Gasteiger partial charge in [0.05, 0.1) is 44.6 Å². The highest BCUT2D eigenvalue weighted by atomic mass is 127. The molecule has 0 amide bonds. The number of piperazine rings is 1. The van der Waals surface area contributed by atoms with E-state index in [1.807, 2.05) is 18.2 Å². The number of para-hydroxylation sites is 2. The van der Waals surface area contributed by atoms with Crippen molar-refractivity contribution >= 4 is 51.2 Å². The number of likely N-dealkylation sites (N-methyl/N-ethyl adjacent to an activating group) is 1. The number of aliphatic imine (C=N–C) groups is 1. The fraction of sp³-hybridized carbons (Fsp3) is 0.690. The number of fused-ring (bicyclic) bond motifs is 1. The van der Waals surface area contributed by atoms with Crippen LogP contribution in [0.3, 0.4) is 0 Å². The lowest BCUT2D eigenvalue weighted by Gasteiger charge is -2.42.